The van der Waals surface area contributed by atoms with Crippen LogP contribution in [0.3, 0.4) is 0 Å². The highest BCUT2D eigenvalue weighted by Crippen LogP contribution is 2.03. The van der Waals surface area contributed by atoms with Crippen LogP contribution in [0.1, 0.15) is 34.1 Å². The normalized spacial score (nSPS) is 14.7. The van der Waals surface area contributed by atoms with Crippen molar-refractivity contribution < 1.29 is 0 Å². The molecule has 0 aliphatic rings. The predicted octanol–water partition coefficient (Wildman–Crippen LogP) is 2.37. The monoisotopic (exact) mass is 143 g/mol. The first-order valence-corrected chi connectivity index (χ1v) is 4.28. The van der Waals surface area contributed by atoms with Crippen LogP contribution in [0.4, 0.5) is 0 Å². The van der Waals surface area contributed by atoms with Crippen molar-refractivity contribution >= 4 is 0 Å². The fraction of sp³-hybridized carbons (Fsp3) is 1.00. The molecule has 1 nitrogen and oxygen atoms in total. The van der Waals surface area contributed by atoms with Crippen LogP contribution in [0, 0.1) is 5.92 Å². The molecule has 0 aliphatic carbocycles. The Morgan fingerprint density at radius 2 is 1.70 bits per heavy atom. The maximum absolute atomic E-state index is 2.42. The van der Waals surface area contributed by atoms with Gasteiger partial charge in [-0.2, -0.15) is 0 Å². The summed E-state index contributed by atoms with van der Waals surface area (Å²) in [5.41, 5.74) is 0. The van der Waals surface area contributed by atoms with E-state index >= 15 is 0 Å². The first-order valence-electron chi connectivity index (χ1n) is 4.28. The molecular weight excluding hydrogens is 122 g/mol. The lowest BCUT2D eigenvalue weighted by molar-refractivity contribution is 0.226. The maximum Gasteiger partial charge on any atom is 0.00613 e. The van der Waals surface area contributed by atoms with Crippen LogP contribution < -0.4 is 0 Å². The molecule has 0 aliphatic heterocycles. The number of rotatable bonds is 4. The molecule has 1 unspecified atom stereocenters. The van der Waals surface area contributed by atoms with Gasteiger partial charge in [-0.3, -0.25) is 0 Å². The molecule has 0 saturated heterocycles. The van der Waals surface area contributed by atoms with Crippen LogP contribution in [-0.2, 0) is 0 Å². The molecule has 0 radical (unpaired) electrons. The second-order valence-electron chi connectivity index (χ2n) is 3.59. The Balaban J connectivity index is 3.50. The number of hydrogen-bond donors (Lipinski definition) is 0. The van der Waals surface area contributed by atoms with Gasteiger partial charge in [-0.1, -0.05) is 20.8 Å². The van der Waals surface area contributed by atoms with Gasteiger partial charge in [0.05, 0.1) is 0 Å². The van der Waals surface area contributed by atoms with Crippen molar-refractivity contribution in [1.82, 2.24) is 4.90 Å². The molecule has 0 aromatic heterocycles. The molecule has 0 saturated carbocycles. The highest BCUT2D eigenvalue weighted by molar-refractivity contribution is 4.61. The van der Waals surface area contributed by atoms with E-state index in [0.717, 1.165) is 12.0 Å². The summed E-state index contributed by atoms with van der Waals surface area (Å²) in [4.78, 5) is 2.42. The average Bonchev–Trinajstić information content (AvgIpc) is 1.85. The molecule has 0 fully saturated rings. The third-order valence-corrected chi connectivity index (χ3v) is 2.00. The minimum absolute atomic E-state index is 0.738. The Bertz CT molecular complexity index is 78.8. The Morgan fingerprint density at radius 1 is 1.20 bits per heavy atom. The van der Waals surface area contributed by atoms with Gasteiger partial charge in [0.25, 0.3) is 0 Å². The van der Waals surface area contributed by atoms with E-state index in [9.17, 15) is 0 Å². The SMILES string of the molecule is CCC(C)N(C)CC(C)C. The second-order valence-corrected chi connectivity index (χ2v) is 3.59. The molecule has 0 spiro atoms. The minimum atomic E-state index is 0.738. The second kappa shape index (κ2) is 4.73. The summed E-state index contributed by atoms with van der Waals surface area (Å²) in [7, 11) is 2.20. The van der Waals surface area contributed by atoms with Gasteiger partial charge in [-0.05, 0) is 26.3 Å². The molecule has 0 amide bonds. The summed E-state index contributed by atoms with van der Waals surface area (Å²) >= 11 is 0. The molecule has 0 rings (SSSR count). The zero-order valence-electron chi connectivity index (χ0n) is 8.02. The van der Waals surface area contributed by atoms with E-state index in [2.05, 4.69) is 39.6 Å². The lowest BCUT2D eigenvalue weighted by atomic mass is 10.1. The van der Waals surface area contributed by atoms with Crippen molar-refractivity contribution in [2.45, 2.75) is 40.2 Å². The minimum Gasteiger partial charge on any atom is -0.303 e. The van der Waals surface area contributed by atoms with Crippen molar-refractivity contribution in [3.05, 3.63) is 0 Å². The highest BCUT2D eigenvalue weighted by atomic mass is 15.1. The Hall–Kier alpha value is -0.0400. The third-order valence-electron chi connectivity index (χ3n) is 2.00. The van der Waals surface area contributed by atoms with Crippen LogP contribution in [0.15, 0.2) is 0 Å². The van der Waals surface area contributed by atoms with Crippen LogP contribution in [0.2, 0.25) is 0 Å². The lowest BCUT2D eigenvalue weighted by Crippen LogP contribution is -2.31. The standard InChI is InChI=1S/C9H21N/c1-6-9(4)10(5)7-8(2)3/h8-9H,6-7H2,1-5H3. The number of nitrogens with zero attached hydrogens (tertiary/aromatic N) is 1. The summed E-state index contributed by atoms with van der Waals surface area (Å²) in [5.74, 6) is 0.791. The zero-order valence-corrected chi connectivity index (χ0v) is 8.02. The van der Waals surface area contributed by atoms with E-state index in [-0.39, 0.29) is 0 Å². The average molecular weight is 143 g/mol. The Kier molecular flexibility index (Phi) is 4.71. The van der Waals surface area contributed by atoms with Crippen molar-refractivity contribution in [3.63, 3.8) is 0 Å². The van der Waals surface area contributed by atoms with Crippen LogP contribution >= 0.6 is 0 Å². The molecule has 0 N–H and O–H groups in total. The summed E-state index contributed by atoms with van der Waals surface area (Å²) in [5, 5.41) is 0. The van der Waals surface area contributed by atoms with Gasteiger partial charge in [0.2, 0.25) is 0 Å². The quantitative estimate of drug-likeness (QED) is 0.584. The molecule has 10 heavy (non-hydrogen) atoms. The summed E-state index contributed by atoms with van der Waals surface area (Å²) < 4.78 is 0. The van der Waals surface area contributed by atoms with Crippen LogP contribution in [0.25, 0.3) is 0 Å². The van der Waals surface area contributed by atoms with Gasteiger partial charge in [0.15, 0.2) is 0 Å². The van der Waals surface area contributed by atoms with Gasteiger partial charge in [0.1, 0.15) is 0 Å². The molecule has 1 atom stereocenters. The van der Waals surface area contributed by atoms with Crippen molar-refractivity contribution in [1.29, 1.82) is 0 Å². The van der Waals surface area contributed by atoms with Gasteiger partial charge < -0.3 is 4.90 Å². The van der Waals surface area contributed by atoms with Gasteiger partial charge >= 0.3 is 0 Å². The smallest absolute Gasteiger partial charge is 0.00613 e. The van der Waals surface area contributed by atoms with Crippen molar-refractivity contribution in [2.24, 2.45) is 5.92 Å². The molecule has 0 bridgehead atoms. The molecule has 0 aromatic carbocycles. The topological polar surface area (TPSA) is 3.24 Å². The highest BCUT2D eigenvalue weighted by Gasteiger charge is 2.06. The molecule has 62 valence electrons. The summed E-state index contributed by atoms with van der Waals surface area (Å²) in [6.45, 7) is 10.3. The first kappa shape index (κ1) is 9.96. The van der Waals surface area contributed by atoms with Crippen LogP contribution in [-0.4, -0.2) is 24.5 Å². The molecule has 0 heterocycles. The van der Waals surface area contributed by atoms with E-state index in [4.69, 9.17) is 0 Å². The molecule has 1 heteroatoms. The largest absolute Gasteiger partial charge is 0.303 e. The van der Waals surface area contributed by atoms with Gasteiger partial charge in [0, 0.05) is 12.6 Å². The van der Waals surface area contributed by atoms with E-state index in [0.29, 0.717) is 0 Å². The predicted molar refractivity (Wildman–Crippen MR) is 47.2 cm³/mol. The first-order chi connectivity index (χ1) is 4.57. The van der Waals surface area contributed by atoms with Gasteiger partial charge in [-0.15, -0.1) is 0 Å². The van der Waals surface area contributed by atoms with E-state index in [1.165, 1.54) is 13.0 Å². The van der Waals surface area contributed by atoms with E-state index in [1.54, 1.807) is 0 Å². The summed E-state index contributed by atoms with van der Waals surface area (Å²) in [6, 6.07) is 0.738. The molecular formula is C9H21N. The fourth-order valence-electron chi connectivity index (χ4n) is 1.07. The maximum atomic E-state index is 2.42. The Labute approximate surface area is 65.4 Å². The lowest BCUT2D eigenvalue weighted by Gasteiger charge is -2.24. The zero-order chi connectivity index (χ0) is 8.15. The van der Waals surface area contributed by atoms with Crippen molar-refractivity contribution in [2.75, 3.05) is 13.6 Å². The summed E-state index contributed by atoms with van der Waals surface area (Å²) in [6.07, 6.45) is 1.25. The van der Waals surface area contributed by atoms with Gasteiger partial charge in [-0.25, -0.2) is 0 Å². The van der Waals surface area contributed by atoms with Crippen molar-refractivity contribution in [3.8, 4) is 0 Å². The van der Waals surface area contributed by atoms with E-state index in [1.807, 2.05) is 0 Å². The molecule has 0 aromatic rings. The van der Waals surface area contributed by atoms with Crippen LogP contribution in [0.5, 0.6) is 0 Å². The fourth-order valence-corrected chi connectivity index (χ4v) is 1.07. The Morgan fingerprint density at radius 3 is 2.00 bits per heavy atom. The third kappa shape index (κ3) is 3.89. The number of hydrogen-bond acceptors (Lipinski definition) is 1. The van der Waals surface area contributed by atoms with E-state index < -0.39 is 0 Å².